The van der Waals surface area contributed by atoms with E-state index in [0.29, 0.717) is 6.61 Å². The second-order valence-corrected chi connectivity index (χ2v) is 4.79. The van der Waals surface area contributed by atoms with E-state index in [1.807, 2.05) is 24.4 Å². The van der Waals surface area contributed by atoms with Crippen molar-refractivity contribution in [2.24, 2.45) is 0 Å². The Balaban J connectivity index is 1.65. The summed E-state index contributed by atoms with van der Waals surface area (Å²) in [6.07, 6.45) is 5.28. The van der Waals surface area contributed by atoms with Crippen LogP contribution in [0.2, 0.25) is 0 Å². The fraction of sp³-hybridized carbons (Fsp3) is 0.176. The summed E-state index contributed by atoms with van der Waals surface area (Å²) in [5.41, 5.74) is 3.30. The van der Waals surface area contributed by atoms with E-state index in [1.165, 1.54) is 5.56 Å². The topological polar surface area (TPSA) is 47.0 Å². The van der Waals surface area contributed by atoms with Crippen LogP contribution in [0.3, 0.4) is 0 Å². The van der Waals surface area contributed by atoms with Gasteiger partial charge in [-0.1, -0.05) is 18.2 Å². The standard InChI is InChI=1S/C17H17N3O/c1-13-4-2-6-15-16(7-9-20-17(13)15)19-10-11-21-14-5-3-8-18-12-14/h2-9,12H,10-11H2,1H3,(H,19,20). The zero-order chi connectivity index (χ0) is 14.5. The Morgan fingerprint density at radius 1 is 1.10 bits per heavy atom. The molecule has 0 radical (unpaired) electrons. The first-order valence-electron chi connectivity index (χ1n) is 6.95. The maximum atomic E-state index is 5.62. The van der Waals surface area contributed by atoms with Gasteiger partial charge < -0.3 is 10.1 Å². The molecule has 0 aliphatic carbocycles. The SMILES string of the molecule is Cc1cccc2c(NCCOc3cccnc3)ccnc12. The molecule has 0 amide bonds. The third-order valence-corrected chi connectivity index (χ3v) is 3.29. The van der Waals surface area contributed by atoms with Gasteiger partial charge in [-0.25, -0.2) is 0 Å². The first-order valence-corrected chi connectivity index (χ1v) is 6.95. The van der Waals surface area contributed by atoms with Crippen LogP contribution >= 0.6 is 0 Å². The van der Waals surface area contributed by atoms with Gasteiger partial charge in [0.2, 0.25) is 0 Å². The molecule has 4 heteroatoms. The molecule has 2 heterocycles. The van der Waals surface area contributed by atoms with Crippen LogP contribution in [0.4, 0.5) is 5.69 Å². The summed E-state index contributed by atoms with van der Waals surface area (Å²) >= 11 is 0. The van der Waals surface area contributed by atoms with Gasteiger partial charge in [-0.05, 0) is 30.7 Å². The van der Waals surface area contributed by atoms with E-state index in [9.17, 15) is 0 Å². The molecule has 0 saturated heterocycles. The molecular formula is C17H17N3O. The number of fused-ring (bicyclic) bond motifs is 1. The fourth-order valence-electron chi connectivity index (χ4n) is 2.26. The number of hydrogen-bond acceptors (Lipinski definition) is 4. The van der Waals surface area contributed by atoms with Crippen LogP contribution in [0.15, 0.2) is 55.0 Å². The number of anilines is 1. The number of nitrogens with zero attached hydrogens (tertiary/aromatic N) is 2. The molecule has 3 aromatic rings. The average molecular weight is 279 g/mol. The van der Waals surface area contributed by atoms with Gasteiger partial charge >= 0.3 is 0 Å². The zero-order valence-corrected chi connectivity index (χ0v) is 11.9. The summed E-state index contributed by atoms with van der Waals surface area (Å²) in [6.45, 7) is 3.38. The normalized spacial score (nSPS) is 10.5. The summed E-state index contributed by atoms with van der Waals surface area (Å²) in [7, 11) is 0. The van der Waals surface area contributed by atoms with Crippen molar-refractivity contribution >= 4 is 16.6 Å². The second-order valence-electron chi connectivity index (χ2n) is 4.79. The molecule has 3 rings (SSSR count). The summed E-state index contributed by atoms with van der Waals surface area (Å²) in [6, 6.07) is 12.0. The van der Waals surface area contributed by atoms with Crippen molar-refractivity contribution in [1.82, 2.24) is 9.97 Å². The Kier molecular flexibility index (Phi) is 3.96. The van der Waals surface area contributed by atoms with Gasteiger partial charge in [-0.15, -0.1) is 0 Å². The van der Waals surface area contributed by atoms with Crippen LogP contribution in [-0.4, -0.2) is 23.1 Å². The minimum atomic E-state index is 0.585. The van der Waals surface area contributed by atoms with Gasteiger partial charge in [-0.2, -0.15) is 0 Å². The molecule has 0 saturated carbocycles. The van der Waals surface area contributed by atoms with E-state index in [4.69, 9.17) is 4.74 Å². The van der Waals surface area contributed by atoms with Crippen molar-refractivity contribution < 1.29 is 4.74 Å². The van der Waals surface area contributed by atoms with Crippen LogP contribution < -0.4 is 10.1 Å². The molecule has 4 nitrogen and oxygen atoms in total. The third-order valence-electron chi connectivity index (χ3n) is 3.29. The first kappa shape index (κ1) is 13.4. The minimum Gasteiger partial charge on any atom is -0.490 e. The van der Waals surface area contributed by atoms with Gasteiger partial charge in [-0.3, -0.25) is 9.97 Å². The lowest BCUT2D eigenvalue weighted by Crippen LogP contribution is -2.11. The predicted molar refractivity (Wildman–Crippen MR) is 84.7 cm³/mol. The Hall–Kier alpha value is -2.62. The lowest BCUT2D eigenvalue weighted by atomic mass is 10.1. The highest BCUT2D eigenvalue weighted by molar-refractivity contribution is 5.92. The van der Waals surface area contributed by atoms with Gasteiger partial charge in [0.15, 0.2) is 0 Å². The first-order chi connectivity index (χ1) is 10.3. The predicted octanol–water partition coefficient (Wildman–Crippen LogP) is 3.43. The second kappa shape index (κ2) is 6.22. The fourth-order valence-corrected chi connectivity index (χ4v) is 2.26. The van der Waals surface area contributed by atoms with Crippen molar-refractivity contribution in [3.05, 3.63) is 60.6 Å². The number of ether oxygens (including phenoxy) is 1. The lowest BCUT2D eigenvalue weighted by molar-refractivity contribution is 0.331. The molecule has 2 aromatic heterocycles. The molecule has 0 unspecified atom stereocenters. The van der Waals surface area contributed by atoms with Gasteiger partial charge in [0, 0.05) is 30.0 Å². The van der Waals surface area contributed by atoms with Crippen molar-refractivity contribution in [3.8, 4) is 5.75 Å². The van der Waals surface area contributed by atoms with Gasteiger partial charge in [0.1, 0.15) is 12.4 Å². The molecule has 1 aromatic carbocycles. The Labute approximate surface area is 123 Å². The highest BCUT2D eigenvalue weighted by Gasteiger charge is 2.03. The number of nitrogens with one attached hydrogen (secondary N) is 1. The Bertz CT molecular complexity index is 728. The molecular weight excluding hydrogens is 262 g/mol. The maximum Gasteiger partial charge on any atom is 0.137 e. The summed E-state index contributed by atoms with van der Waals surface area (Å²) in [5, 5.41) is 4.54. The summed E-state index contributed by atoms with van der Waals surface area (Å²) in [4.78, 5) is 8.46. The Morgan fingerprint density at radius 2 is 2.05 bits per heavy atom. The van der Waals surface area contributed by atoms with E-state index >= 15 is 0 Å². The number of rotatable bonds is 5. The molecule has 1 N–H and O–H groups in total. The van der Waals surface area contributed by atoms with Crippen molar-refractivity contribution in [2.45, 2.75) is 6.92 Å². The molecule has 0 spiro atoms. The lowest BCUT2D eigenvalue weighted by Gasteiger charge is -2.11. The largest absolute Gasteiger partial charge is 0.490 e. The number of hydrogen-bond donors (Lipinski definition) is 1. The molecule has 0 fully saturated rings. The van der Waals surface area contributed by atoms with Gasteiger partial charge in [0.25, 0.3) is 0 Å². The number of benzene rings is 1. The van der Waals surface area contributed by atoms with Crippen LogP contribution in [0.5, 0.6) is 5.75 Å². The molecule has 106 valence electrons. The van der Waals surface area contributed by atoms with Crippen LogP contribution in [0.25, 0.3) is 10.9 Å². The van der Waals surface area contributed by atoms with E-state index < -0.39 is 0 Å². The third kappa shape index (κ3) is 3.11. The zero-order valence-electron chi connectivity index (χ0n) is 11.9. The molecule has 0 atom stereocenters. The number of aromatic nitrogens is 2. The summed E-state index contributed by atoms with van der Waals surface area (Å²) < 4.78 is 5.62. The van der Waals surface area contributed by atoms with Crippen molar-refractivity contribution in [1.29, 1.82) is 0 Å². The number of para-hydroxylation sites is 1. The monoisotopic (exact) mass is 279 g/mol. The number of pyridine rings is 2. The van der Waals surface area contributed by atoms with E-state index in [2.05, 4.69) is 40.4 Å². The molecule has 21 heavy (non-hydrogen) atoms. The van der Waals surface area contributed by atoms with Crippen molar-refractivity contribution in [2.75, 3.05) is 18.5 Å². The van der Waals surface area contributed by atoms with E-state index in [0.717, 1.165) is 28.9 Å². The van der Waals surface area contributed by atoms with Gasteiger partial charge in [0.05, 0.1) is 11.7 Å². The highest BCUT2D eigenvalue weighted by atomic mass is 16.5. The quantitative estimate of drug-likeness (QED) is 0.727. The summed E-state index contributed by atoms with van der Waals surface area (Å²) in [5.74, 6) is 0.787. The van der Waals surface area contributed by atoms with Crippen LogP contribution in [-0.2, 0) is 0 Å². The van der Waals surface area contributed by atoms with E-state index in [-0.39, 0.29) is 0 Å². The number of aryl methyl sites for hydroxylation is 1. The highest BCUT2D eigenvalue weighted by Crippen LogP contribution is 2.23. The molecule has 0 aliphatic rings. The average Bonchev–Trinajstić information content (AvgIpc) is 2.53. The van der Waals surface area contributed by atoms with Crippen molar-refractivity contribution in [3.63, 3.8) is 0 Å². The smallest absolute Gasteiger partial charge is 0.137 e. The Morgan fingerprint density at radius 3 is 2.90 bits per heavy atom. The van der Waals surface area contributed by atoms with Crippen LogP contribution in [0, 0.1) is 6.92 Å². The van der Waals surface area contributed by atoms with Crippen LogP contribution in [0.1, 0.15) is 5.56 Å². The maximum absolute atomic E-state index is 5.62. The van der Waals surface area contributed by atoms with E-state index in [1.54, 1.807) is 12.4 Å². The molecule has 0 aliphatic heterocycles. The minimum absolute atomic E-state index is 0.585. The molecule has 0 bridgehead atoms.